The molecule has 0 fully saturated rings. The Morgan fingerprint density at radius 1 is 0.266 bits per heavy atom. The van der Waals surface area contributed by atoms with Crippen molar-refractivity contribution in [3.05, 3.63) is 335 Å². The molecule has 2 heteroatoms. The van der Waals surface area contributed by atoms with Gasteiger partial charge in [-0.1, -0.05) is 312 Å². The summed E-state index contributed by atoms with van der Waals surface area (Å²) >= 11 is 0. The maximum absolute atomic E-state index is 2.44. The second kappa shape index (κ2) is 23.2. The highest BCUT2D eigenvalue weighted by atomic mass is 15.1. The number of hydrogen-bond acceptors (Lipinski definition) is 2. The van der Waals surface area contributed by atoms with Crippen molar-refractivity contribution in [2.24, 2.45) is 0 Å². The van der Waals surface area contributed by atoms with Gasteiger partial charge in [-0.15, -0.1) is 0 Å². The van der Waals surface area contributed by atoms with Crippen LogP contribution in [0.4, 0.5) is 34.1 Å². The Hall–Kier alpha value is -10.5. The molecule has 0 aliphatic heterocycles. The number of hydrogen-bond donors (Lipinski definition) is 0. The van der Waals surface area contributed by atoms with Gasteiger partial charge in [-0.05, 0) is 182 Å². The molecule has 0 saturated heterocycles. The average Bonchev–Trinajstić information content (AvgIpc) is 1.56. The predicted molar refractivity (Wildman–Crippen MR) is 405 cm³/mol. The molecule has 13 aromatic carbocycles. The van der Waals surface area contributed by atoms with Gasteiger partial charge in [-0.3, -0.25) is 0 Å². The lowest BCUT2D eigenvalue weighted by Gasteiger charge is -2.30. The van der Waals surface area contributed by atoms with Crippen LogP contribution < -0.4 is 9.80 Å². The van der Waals surface area contributed by atoms with Crippen molar-refractivity contribution >= 4 is 80.0 Å². The lowest BCUT2D eigenvalue weighted by Crippen LogP contribution is -2.17. The number of nitrogens with zero attached hydrogens (tertiary/aromatic N) is 2. The van der Waals surface area contributed by atoms with Crippen LogP contribution >= 0.6 is 0 Å². The molecule has 2 aliphatic rings. The molecule has 0 heterocycles. The van der Waals surface area contributed by atoms with E-state index in [9.17, 15) is 0 Å². The minimum absolute atomic E-state index is 0.0674. The summed E-state index contributed by atoms with van der Waals surface area (Å²) in [6.07, 6.45) is 9.00. The normalized spacial score (nSPS) is 13.7. The van der Waals surface area contributed by atoms with Crippen LogP contribution in [0.2, 0.25) is 0 Å². The minimum atomic E-state index is -0.195. The molecule has 94 heavy (non-hydrogen) atoms. The van der Waals surface area contributed by atoms with Gasteiger partial charge in [0.15, 0.2) is 0 Å². The van der Waals surface area contributed by atoms with Crippen LogP contribution in [0.25, 0.3) is 90.4 Å². The third-order valence-corrected chi connectivity index (χ3v) is 20.2. The van der Waals surface area contributed by atoms with E-state index in [0.29, 0.717) is 0 Å². The number of benzene rings is 13. The summed E-state index contributed by atoms with van der Waals surface area (Å²) < 4.78 is 0. The first-order valence-corrected chi connectivity index (χ1v) is 33.4. The molecule has 0 spiro atoms. The summed E-state index contributed by atoms with van der Waals surface area (Å²) in [4.78, 5) is 4.89. The third-order valence-electron chi connectivity index (χ3n) is 20.2. The van der Waals surface area contributed by atoms with E-state index < -0.39 is 0 Å². The van der Waals surface area contributed by atoms with Gasteiger partial charge in [0, 0.05) is 44.4 Å². The molecule has 0 amide bonds. The smallest absolute Gasteiger partial charge is 0.0540 e. The monoisotopic (exact) mass is 1210 g/mol. The topological polar surface area (TPSA) is 6.48 Å². The molecule has 458 valence electrons. The van der Waals surface area contributed by atoms with E-state index in [0.717, 1.165) is 22.7 Å². The van der Waals surface area contributed by atoms with Crippen molar-refractivity contribution < 1.29 is 0 Å². The molecule has 0 radical (unpaired) electrons. The Labute approximate surface area is 556 Å². The Morgan fingerprint density at radius 2 is 0.553 bits per heavy atom. The highest BCUT2D eigenvalue weighted by Gasteiger charge is 2.38. The van der Waals surface area contributed by atoms with Gasteiger partial charge < -0.3 is 9.80 Å². The Morgan fingerprint density at radius 3 is 0.915 bits per heavy atom. The summed E-state index contributed by atoms with van der Waals surface area (Å²) in [7, 11) is 0. The largest absolute Gasteiger partial charge is 0.310 e. The highest BCUT2D eigenvalue weighted by molar-refractivity contribution is 6.01. The van der Waals surface area contributed by atoms with Gasteiger partial charge in [-0.2, -0.15) is 0 Å². The summed E-state index contributed by atoms with van der Waals surface area (Å²) in [5.74, 6) is 0. The molecule has 0 bridgehead atoms. The Kier molecular flexibility index (Phi) is 14.8. The van der Waals surface area contributed by atoms with Gasteiger partial charge >= 0.3 is 0 Å². The molecule has 2 nitrogen and oxygen atoms in total. The number of anilines is 6. The zero-order valence-corrected chi connectivity index (χ0v) is 55.8. The number of fused-ring (bicyclic) bond motifs is 8. The van der Waals surface area contributed by atoms with E-state index in [1.807, 2.05) is 0 Å². The van der Waals surface area contributed by atoms with Crippen molar-refractivity contribution in [2.75, 3.05) is 9.80 Å². The van der Waals surface area contributed by atoms with E-state index in [-0.39, 0.29) is 21.7 Å². The standard InChI is InChI=1S/C92H80N2/c1-89(2,3)71-43-47-73(48-44-71)93(87-23-15-19-69-17-11-13-21-77(69)87)75-51-55-81-79-53-33-63(57-83(79)91(7,8)85(81)59-75)27-25-61-29-35-65(36-30-61)67-39-41-68(42-40-67)66-37-31-62(32-38-66)26-28-64-34-54-80-82-56-52-76(60-86(82)92(9,10)84(80)58-64)94(74-49-45-72(46-50-74)90(4,5)6)88-24-16-20-70-18-12-14-22-78(70)88/h11-60H,1-10H3/b27-25+,28-26+. The summed E-state index contributed by atoms with van der Waals surface area (Å²) in [6.45, 7) is 23.2. The molecule has 0 N–H and O–H groups in total. The summed E-state index contributed by atoms with van der Waals surface area (Å²) in [5.41, 5.74) is 29.6. The molecule has 2 aliphatic carbocycles. The lowest BCUT2D eigenvalue weighted by atomic mass is 9.81. The van der Waals surface area contributed by atoms with Crippen LogP contribution in [0, 0.1) is 0 Å². The third kappa shape index (κ3) is 10.9. The summed E-state index contributed by atoms with van der Waals surface area (Å²) in [5, 5.41) is 4.92. The molecule has 13 aromatic rings. The fourth-order valence-electron chi connectivity index (χ4n) is 14.7. The quantitative estimate of drug-likeness (QED) is 0.113. The zero-order chi connectivity index (χ0) is 64.7. The first kappa shape index (κ1) is 59.7. The van der Waals surface area contributed by atoms with Crippen molar-refractivity contribution in [3.8, 4) is 44.5 Å². The average molecular weight is 1210 g/mol. The van der Waals surface area contributed by atoms with E-state index in [1.165, 1.54) is 133 Å². The van der Waals surface area contributed by atoms with E-state index in [4.69, 9.17) is 0 Å². The van der Waals surface area contributed by atoms with Crippen LogP contribution in [-0.2, 0) is 21.7 Å². The van der Waals surface area contributed by atoms with E-state index >= 15 is 0 Å². The predicted octanol–water partition coefficient (Wildman–Crippen LogP) is 25.8. The van der Waals surface area contributed by atoms with Crippen LogP contribution in [0.1, 0.15) is 125 Å². The maximum atomic E-state index is 2.44. The van der Waals surface area contributed by atoms with Crippen LogP contribution in [0.3, 0.4) is 0 Å². The van der Waals surface area contributed by atoms with Crippen molar-refractivity contribution in [3.63, 3.8) is 0 Å². The van der Waals surface area contributed by atoms with Gasteiger partial charge in [0.25, 0.3) is 0 Å². The van der Waals surface area contributed by atoms with E-state index in [1.54, 1.807) is 0 Å². The molecule has 15 rings (SSSR count). The highest BCUT2D eigenvalue weighted by Crippen LogP contribution is 2.54. The van der Waals surface area contributed by atoms with Gasteiger partial charge in [0.1, 0.15) is 0 Å². The number of rotatable bonds is 12. The molecule has 0 saturated carbocycles. The van der Waals surface area contributed by atoms with Crippen molar-refractivity contribution in [1.29, 1.82) is 0 Å². The summed E-state index contributed by atoms with van der Waals surface area (Å²) in [6, 6.07) is 104. The molecule has 0 aromatic heterocycles. The van der Waals surface area contributed by atoms with Crippen LogP contribution in [0.15, 0.2) is 279 Å². The minimum Gasteiger partial charge on any atom is -0.310 e. The fraction of sp³-hybridized carbons (Fsp3) is 0.152. The first-order valence-electron chi connectivity index (χ1n) is 33.4. The molecule has 0 atom stereocenters. The van der Waals surface area contributed by atoms with Crippen molar-refractivity contribution in [1.82, 2.24) is 0 Å². The SMILES string of the molecule is CC(C)(C)c1ccc(N(c2ccc3c(c2)C(C)(C)c2cc(/C=C/c4ccc(-c5ccc(-c6ccc(/C=C/c7ccc8c(c7)C(C)(C)c7cc(N(c9ccc(C(C)(C)C)cc9)c9cccc%10ccccc9%10)ccc7-8)cc6)cc5)cc4)ccc2-3)c2cccc3ccccc23)cc1. The maximum Gasteiger partial charge on any atom is 0.0540 e. The van der Waals surface area contributed by atoms with Gasteiger partial charge in [0.2, 0.25) is 0 Å². The second-order valence-electron chi connectivity index (χ2n) is 29.1. The second-order valence-corrected chi connectivity index (χ2v) is 29.1. The van der Waals surface area contributed by atoms with Gasteiger partial charge in [0.05, 0.1) is 11.4 Å². The molecular weight excluding hydrogens is 1130 g/mol. The molecule has 0 unspecified atom stereocenters. The lowest BCUT2D eigenvalue weighted by molar-refractivity contribution is 0.590. The zero-order valence-electron chi connectivity index (χ0n) is 55.8. The fourth-order valence-corrected chi connectivity index (χ4v) is 14.7. The van der Waals surface area contributed by atoms with Gasteiger partial charge in [-0.25, -0.2) is 0 Å². The van der Waals surface area contributed by atoms with Crippen molar-refractivity contribution in [2.45, 2.75) is 90.9 Å². The Balaban J connectivity index is 0.610. The molecular formula is C92H80N2. The Bertz CT molecular complexity index is 4760. The van der Waals surface area contributed by atoms with Crippen LogP contribution in [0.5, 0.6) is 0 Å². The van der Waals surface area contributed by atoms with E-state index in [2.05, 4.69) is 382 Å². The van der Waals surface area contributed by atoms with Crippen LogP contribution in [-0.4, -0.2) is 0 Å². The first-order chi connectivity index (χ1) is 45.3.